The number of carbonyl (C=O) groups is 1. The molecule has 0 N–H and O–H groups in total. The Morgan fingerprint density at radius 2 is 1.71 bits per heavy atom. The first-order valence-corrected chi connectivity index (χ1v) is 8.78. The number of halogens is 1. The highest BCUT2D eigenvalue weighted by Gasteiger charge is 2.02. The molecular formula is C17H25BrO3. The van der Waals surface area contributed by atoms with Gasteiger partial charge in [-0.05, 0) is 31.2 Å². The van der Waals surface area contributed by atoms with Crippen LogP contribution in [0.25, 0.3) is 0 Å². The van der Waals surface area contributed by atoms with Crippen LogP contribution in [0, 0.1) is 0 Å². The van der Waals surface area contributed by atoms with Crippen LogP contribution in [-0.2, 0) is 20.9 Å². The van der Waals surface area contributed by atoms with Gasteiger partial charge in [-0.2, -0.15) is 0 Å². The van der Waals surface area contributed by atoms with E-state index in [1.54, 1.807) is 0 Å². The molecule has 4 heteroatoms. The molecule has 0 bridgehead atoms. The molecule has 0 saturated carbocycles. The summed E-state index contributed by atoms with van der Waals surface area (Å²) in [4.78, 5) is 11.4. The molecule has 0 saturated heterocycles. The van der Waals surface area contributed by atoms with Gasteiger partial charge in [0, 0.05) is 18.4 Å². The predicted octanol–water partition coefficient (Wildman–Crippen LogP) is 4.48. The Bertz CT molecular complexity index is 368. The van der Waals surface area contributed by atoms with E-state index in [9.17, 15) is 4.79 Å². The lowest BCUT2D eigenvalue weighted by Crippen LogP contribution is -2.06. The maximum atomic E-state index is 11.4. The van der Waals surface area contributed by atoms with Gasteiger partial charge in [-0.3, -0.25) is 4.79 Å². The smallest absolute Gasteiger partial charge is 0.305 e. The number of alkyl halides is 1. The highest BCUT2D eigenvalue weighted by Crippen LogP contribution is 2.04. The third-order valence-corrected chi connectivity index (χ3v) is 3.63. The van der Waals surface area contributed by atoms with Crippen LogP contribution in [0.1, 0.15) is 44.1 Å². The van der Waals surface area contributed by atoms with Gasteiger partial charge in [0.1, 0.15) is 0 Å². The molecule has 0 spiro atoms. The number of carbonyl (C=O) groups excluding carboxylic acids is 1. The first kappa shape index (κ1) is 18.2. The van der Waals surface area contributed by atoms with Crippen molar-refractivity contribution < 1.29 is 14.3 Å². The predicted molar refractivity (Wildman–Crippen MR) is 88.6 cm³/mol. The maximum Gasteiger partial charge on any atom is 0.305 e. The van der Waals surface area contributed by atoms with Crippen molar-refractivity contribution in [3.63, 3.8) is 0 Å². The zero-order chi connectivity index (χ0) is 15.2. The van der Waals surface area contributed by atoms with Crippen molar-refractivity contribution in [3.8, 4) is 0 Å². The molecule has 0 unspecified atom stereocenters. The molecule has 0 aliphatic carbocycles. The van der Waals surface area contributed by atoms with Crippen molar-refractivity contribution in [2.75, 3.05) is 18.5 Å². The Morgan fingerprint density at radius 1 is 0.952 bits per heavy atom. The van der Waals surface area contributed by atoms with Crippen molar-refractivity contribution in [1.82, 2.24) is 0 Å². The van der Waals surface area contributed by atoms with Crippen molar-refractivity contribution in [1.29, 1.82) is 0 Å². The number of rotatable bonds is 12. The molecule has 118 valence electrons. The Kier molecular flexibility index (Phi) is 11.1. The fourth-order valence-corrected chi connectivity index (χ4v) is 2.27. The second-order valence-corrected chi connectivity index (χ2v) is 5.76. The molecule has 1 aromatic carbocycles. The Morgan fingerprint density at radius 3 is 2.48 bits per heavy atom. The van der Waals surface area contributed by atoms with Gasteiger partial charge in [-0.1, -0.05) is 52.7 Å². The van der Waals surface area contributed by atoms with E-state index in [1.807, 2.05) is 18.2 Å². The van der Waals surface area contributed by atoms with E-state index in [0.717, 1.165) is 37.4 Å². The molecule has 1 aromatic rings. The second kappa shape index (κ2) is 12.8. The standard InChI is InChI=1S/C17H25BrO3/c18-12-6-2-5-11-17(19)21-14-8-7-13-20-15-16-9-3-1-4-10-16/h1,3-4,9-10H,2,5-8,11-15H2. The molecule has 21 heavy (non-hydrogen) atoms. The van der Waals surface area contributed by atoms with Crippen molar-refractivity contribution >= 4 is 21.9 Å². The summed E-state index contributed by atoms with van der Waals surface area (Å²) in [6.07, 6.45) is 5.44. The number of unbranched alkanes of at least 4 members (excludes halogenated alkanes) is 3. The summed E-state index contributed by atoms with van der Waals surface area (Å²) < 4.78 is 10.8. The monoisotopic (exact) mass is 356 g/mol. The van der Waals surface area contributed by atoms with E-state index in [-0.39, 0.29) is 5.97 Å². The fraction of sp³-hybridized carbons (Fsp3) is 0.588. The molecule has 0 atom stereocenters. The summed E-state index contributed by atoms with van der Waals surface area (Å²) in [7, 11) is 0. The van der Waals surface area contributed by atoms with Gasteiger partial charge in [0.05, 0.1) is 13.2 Å². The molecule has 0 heterocycles. The lowest BCUT2D eigenvalue weighted by molar-refractivity contribution is -0.144. The van der Waals surface area contributed by atoms with E-state index in [0.29, 0.717) is 26.2 Å². The van der Waals surface area contributed by atoms with Crippen molar-refractivity contribution in [2.24, 2.45) is 0 Å². The first-order chi connectivity index (χ1) is 10.3. The highest BCUT2D eigenvalue weighted by atomic mass is 79.9. The number of benzene rings is 1. The number of hydrogen-bond acceptors (Lipinski definition) is 3. The summed E-state index contributed by atoms with van der Waals surface area (Å²) >= 11 is 3.38. The quantitative estimate of drug-likeness (QED) is 0.314. The molecule has 0 aromatic heterocycles. The molecule has 0 fully saturated rings. The van der Waals surface area contributed by atoms with Crippen molar-refractivity contribution in [2.45, 2.75) is 45.1 Å². The average Bonchev–Trinajstić information content (AvgIpc) is 2.51. The molecule has 0 aliphatic rings. The molecule has 0 amide bonds. The molecule has 3 nitrogen and oxygen atoms in total. The van der Waals surface area contributed by atoms with Crippen LogP contribution < -0.4 is 0 Å². The highest BCUT2D eigenvalue weighted by molar-refractivity contribution is 9.09. The first-order valence-electron chi connectivity index (χ1n) is 7.66. The van der Waals surface area contributed by atoms with E-state index in [4.69, 9.17) is 9.47 Å². The average molecular weight is 357 g/mol. The van der Waals surface area contributed by atoms with Crippen LogP contribution in [0.4, 0.5) is 0 Å². The fourth-order valence-electron chi connectivity index (χ4n) is 1.87. The molecule has 1 rings (SSSR count). The van der Waals surface area contributed by atoms with Gasteiger partial charge in [0.15, 0.2) is 0 Å². The third-order valence-electron chi connectivity index (χ3n) is 3.07. The van der Waals surface area contributed by atoms with Gasteiger partial charge in [0.2, 0.25) is 0 Å². The second-order valence-electron chi connectivity index (χ2n) is 4.97. The topological polar surface area (TPSA) is 35.5 Å². The SMILES string of the molecule is O=C(CCCCCBr)OCCCCOCc1ccccc1. The van der Waals surface area contributed by atoms with Crippen LogP contribution in [0.15, 0.2) is 30.3 Å². The van der Waals surface area contributed by atoms with Gasteiger partial charge in [-0.15, -0.1) is 0 Å². The van der Waals surface area contributed by atoms with Crippen LogP contribution >= 0.6 is 15.9 Å². The molecule has 0 aliphatic heterocycles. The summed E-state index contributed by atoms with van der Waals surface area (Å²) in [6, 6.07) is 10.1. The van der Waals surface area contributed by atoms with Gasteiger partial charge in [0.25, 0.3) is 0 Å². The van der Waals surface area contributed by atoms with E-state index < -0.39 is 0 Å². The number of ether oxygens (including phenoxy) is 2. The summed E-state index contributed by atoms with van der Waals surface area (Å²) in [5, 5.41) is 1.00. The van der Waals surface area contributed by atoms with Crippen molar-refractivity contribution in [3.05, 3.63) is 35.9 Å². The zero-order valence-corrected chi connectivity index (χ0v) is 14.1. The largest absolute Gasteiger partial charge is 0.466 e. The summed E-state index contributed by atoms with van der Waals surface area (Å²) in [6.45, 7) is 1.86. The van der Waals surface area contributed by atoms with Crippen LogP contribution in [-0.4, -0.2) is 24.5 Å². The van der Waals surface area contributed by atoms with Crippen LogP contribution in [0.5, 0.6) is 0 Å². The number of hydrogen-bond donors (Lipinski definition) is 0. The minimum atomic E-state index is -0.0743. The Labute approximate surface area is 136 Å². The van der Waals surface area contributed by atoms with Gasteiger partial charge < -0.3 is 9.47 Å². The van der Waals surface area contributed by atoms with Gasteiger partial charge in [-0.25, -0.2) is 0 Å². The zero-order valence-electron chi connectivity index (χ0n) is 12.6. The molecule has 0 radical (unpaired) electrons. The minimum Gasteiger partial charge on any atom is -0.466 e. The number of esters is 1. The Balaban J connectivity index is 1.87. The minimum absolute atomic E-state index is 0.0743. The molecular weight excluding hydrogens is 332 g/mol. The van der Waals surface area contributed by atoms with Crippen LogP contribution in [0.3, 0.4) is 0 Å². The Hall–Kier alpha value is -0.870. The summed E-state index contributed by atoms with van der Waals surface area (Å²) in [5.41, 5.74) is 1.19. The third kappa shape index (κ3) is 10.5. The normalized spacial score (nSPS) is 10.5. The maximum absolute atomic E-state index is 11.4. The van der Waals surface area contributed by atoms with E-state index in [2.05, 4.69) is 28.1 Å². The van der Waals surface area contributed by atoms with Crippen LogP contribution in [0.2, 0.25) is 0 Å². The van der Waals surface area contributed by atoms with E-state index in [1.165, 1.54) is 5.56 Å². The lowest BCUT2D eigenvalue weighted by Gasteiger charge is -2.06. The lowest BCUT2D eigenvalue weighted by atomic mass is 10.2. The van der Waals surface area contributed by atoms with Gasteiger partial charge >= 0.3 is 5.97 Å². The summed E-state index contributed by atoms with van der Waals surface area (Å²) in [5.74, 6) is -0.0743. The van der Waals surface area contributed by atoms with E-state index >= 15 is 0 Å².